The molecule has 0 atom stereocenters. The molecule has 86 valence electrons. The maximum atomic E-state index is 10.9. The first-order chi connectivity index (χ1) is 8.20. The van der Waals surface area contributed by atoms with E-state index < -0.39 is 5.97 Å². The molecule has 0 bridgehead atoms. The third-order valence-corrected chi connectivity index (χ3v) is 2.47. The van der Waals surface area contributed by atoms with Crippen molar-refractivity contribution in [3.8, 4) is 11.1 Å². The molecule has 0 saturated carbocycles. The van der Waals surface area contributed by atoms with Crippen LogP contribution in [0.25, 0.3) is 11.1 Å². The SMILES string of the molecule is NNc1cccc(-c2cccc(C(=O)O)c2)c1. The number of nitrogens with one attached hydrogen (secondary N) is 1. The Kier molecular flexibility index (Phi) is 3.07. The number of anilines is 1. The Morgan fingerprint density at radius 1 is 1.06 bits per heavy atom. The Morgan fingerprint density at radius 2 is 1.71 bits per heavy atom. The van der Waals surface area contributed by atoms with Crippen molar-refractivity contribution in [2.24, 2.45) is 5.84 Å². The molecule has 4 heteroatoms. The Labute approximate surface area is 98.7 Å². The lowest BCUT2D eigenvalue weighted by Crippen LogP contribution is -2.06. The first kappa shape index (κ1) is 11.2. The third-order valence-electron chi connectivity index (χ3n) is 2.47. The molecule has 0 saturated heterocycles. The topological polar surface area (TPSA) is 75.3 Å². The quantitative estimate of drug-likeness (QED) is 0.556. The van der Waals surface area contributed by atoms with E-state index in [-0.39, 0.29) is 5.56 Å². The van der Waals surface area contributed by atoms with E-state index in [1.165, 1.54) is 0 Å². The number of nitrogens with two attached hydrogens (primary N) is 1. The zero-order chi connectivity index (χ0) is 12.3. The van der Waals surface area contributed by atoms with Gasteiger partial charge in [0.15, 0.2) is 0 Å². The Morgan fingerprint density at radius 3 is 2.35 bits per heavy atom. The number of rotatable bonds is 3. The van der Waals surface area contributed by atoms with Crippen LogP contribution >= 0.6 is 0 Å². The van der Waals surface area contributed by atoms with E-state index in [4.69, 9.17) is 10.9 Å². The molecule has 0 amide bonds. The Bertz CT molecular complexity index is 553. The number of hydrazine groups is 1. The minimum atomic E-state index is -0.931. The van der Waals surface area contributed by atoms with Crippen LogP contribution in [0.3, 0.4) is 0 Å². The van der Waals surface area contributed by atoms with Crippen LogP contribution < -0.4 is 11.3 Å². The van der Waals surface area contributed by atoms with Gasteiger partial charge in [0.1, 0.15) is 0 Å². The van der Waals surface area contributed by atoms with E-state index in [1.807, 2.05) is 30.3 Å². The van der Waals surface area contributed by atoms with Gasteiger partial charge in [-0.15, -0.1) is 0 Å². The van der Waals surface area contributed by atoms with E-state index in [9.17, 15) is 4.79 Å². The van der Waals surface area contributed by atoms with Crippen LogP contribution in [0.15, 0.2) is 48.5 Å². The second-order valence-electron chi connectivity index (χ2n) is 3.61. The highest BCUT2D eigenvalue weighted by Gasteiger charge is 2.04. The van der Waals surface area contributed by atoms with Gasteiger partial charge in [0.2, 0.25) is 0 Å². The van der Waals surface area contributed by atoms with Gasteiger partial charge in [-0.2, -0.15) is 0 Å². The summed E-state index contributed by atoms with van der Waals surface area (Å²) in [6, 6.07) is 14.3. The van der Waals surface area contributed by atoms with Crippen molar-refractivity contribution in [1.82, 2.24) is 0 Å². The molecule has 4 nitrogen and oxygen atoms in total. The van der Waals surface area contributed by atoms with Crippen LogP contribution in [0.5, 0.6) is 0 Å². The molecular formula is C13H12N2O2. The molecule has 0 aliphatic heterocycles. The number of aromatic carboxylic acids is 1. The average molecular weight is 228 g/mol. The summed E-state index contributed by atoms with van der Waals surface area (Å²) < 4.78 is 0. The maximum Gasteiger partial charge on any atom is 0.335 e. The normalized spacial score (nSPS) is 9.94. The summed E-state index contributed by atoms with van der Waals surface area (Å²) in [5.74, 6) is 4.40. The van der Waals surface area contributed by atoms with Crippen LogP contribution in [0.4, 0.5) is 5.69 Å². The van der Waals surface area contributed by atoms with Crippen molar-refractivity contribution in [1.29, 1.82) is 0 Å². The lowest BCUT2D eigenvalue weighted by molar-refractivity contribution is 0.0697. The Balaban J connectivity index is 2.45. The lowest BCUT2D eigenvalue weighted by atomic mass is 10.0. The summed E-state index contributed by atoms with van der Waals surface area (Å²) >= 11 is 0. The molecule has 0 radical (unpaired) electrons. The summed E-state index contributed by atoms with van der Waals surface area (Å²) in [4.78, 5) is 10.9. The van der Waals surface area contributed by atoms with Gasteiger partial charge in [0.25, 0.3) is 0 Å². The van der Waals surface area contributed by atoms with Crippen molar-refractivity contribution in [2.45, 2.75) is 0 Å². The second-order valence-corrected chi connectivity index (χ2v) is 3.61. The van der Waals surface area contributed by atoms with Gasteiger partial charge in [-0.25, -0.2) is 4.79 Å². The minimum Gasteiger partial charge on any atom is -0.478 e. The molecule has 0 heterocycles. The fourth-order valence-corrected chi connectivity index (χ4v) is 1.62. The third kappa shape index (κ3) is 2.43. The molecule has 0 fully saturated rings. The first-order valence-corrected chi connectivity index (χ1v) is 5.11. The highest BCUT2D eigenvalue weighted by Crippen LogP contribution is 2.23. The molecule has 0 unspecified atom stereocenters. The molecule has 17 heavy (non-hydrogen) atoms. The number of benzene rings is 2. The number of hydrogen-bond acceptors (Lipinski definition) is 3. The van der Waals surface area contributed by atoms with Gasteiger partial charge < -0.3 is 10.5 Å². The van der Waals surface area contributed by atoms with E-state index in [1.54, 1.807) is 18.2 Å². The molecule has 0 aliphatic carbocycles. The van der Waals surface area contributed by atoms with Crippen LogP contribution in [-0.2, 0) is 0 Å². The number of hydrogen-bond donors (Lipinski definition) is 3. The zero-order valence-electron chi connectivity index (χ0n) is 9.05. The number of nitrogen functional groups attached to an aromatic ring is 1. The van der Waals surface area contributed by atoms with E-state index in [0.717, 1.165) is 16.8 Å². The monoisotopic (exact) mass is 228 g/mol. The van der Waals surface area contributed by atoms with E-state index in [0.29, 0.717) is 0 Å². The number of carboxylic acid groups (broad SMARTS) is 1. The summed E-state index contributed by atoms with van der Waals surface area (Å²) in [7, 11) is 0. The second kappa shape index (κ2) is 4.67. The summed E-state index contributed by atoms with van der Waals surface area (Å²) in [6.45, 7) is 0. The van der Waals surface area contributed by atoms with Crippen molar-refractivity contribution in [3.05, 3.63) is 54.1 Å². The molecule has 0 spiro atoms. The molecule has 2 aromatic carbocycles. The van der Waals surface area contributed by atoms with Crippen molar-refractivity contribution in [2.75, 3.05) is 5.43 Å². The first-order valence-electron chi connectivity index (χ1n) is 5.11. The number of carboxylic acids is 1. The van der Waals surface area contributed by atoms with Crippen molar-refractivity contribution >= 4 is 11.7 Å². The van der Waals surface area contributed by atoms with Crippen LogP contribution in [0.1, 0.15) is 10.4 Å². The number of carbonyl (C=O) groups is 1. The van der Waals surface area contributed by atoms with Crippen LogP contribution in [-0.4, -0.2) is 11.1 Å². The van der Waals surface area contributed by atoms with Crippen molar-refractivity contribution < 1.29 is 9.90 Å². The fraction of sp³-hybridized carbons (Fsp3) is 0. The minimum absolute atomic E-state index is 0.272. The van der Waals surface area contributed by atoms with E-state index in [2.05, 4.69) is 5.43 Å². The van der Waals surface area contributed by atoms with Gasteiger partial charge in [-0.3, -0.25) is 5.84 Å². The van der Waals surface area contributed by atoms with Gasteiger partial charge in [-0.1, -0.05) is 24.3 Å². The summed E-state index contributed by atoms with van der Waals surface area (Å²) in [5, 5.41) is 8.92. The largest absolute Gasteiger partial charge is 0.478 e. The fourth-order valence-electron chi connectivity index (χ4n) is 1.62. The van der Waals surface area contributed by atoms with Gasteiger partial charge >= 0.3 is 5.97 Å². The van der Waals surface area contributed by atoms with Gasteiger partial charge in [-0.05, 0) is 35.4 Å². The molecule has 4 N–H and O–H groups in total. The lowest BCUT2D eigenvalue weighted by Gasteiger charge is -2.05. The van der Waals surface area contributed by atoms with E-state index >= 15 is 0 Å². The Hall–Kier alpha value is -2.33. The summed E-state index contributed by atoms with van der Waals surface area (Å²) in [5.41, 5.74) is 5.38. The average Bonchev–Trinajstić information content (AvgIpc) is 2.39. The summed E-state index contributed by atoms with van der Waals surface area (Å²) in [6.07, 6.45) is 0. The standard InChI is InChI=1S/C13H12N2O2/c14-15-12-6-2-4-10(8-12)9-3-1-5-11(7-9)13(16)17/h1-8,15H,14H2,(H,16,17). The molecular weight excluding hydrogens is 216 g/mol. The highest BCUT2D eigenvalue weighted by molar-refractivity contribution is 5.89. The van der Waals surface area contributed by atoms with Crippen molar-refractivity contribution in [3.63, 3.8) is 0 Å². The van der Waals surface area contributed by atoms with Crippen LogP contribution in [0, 0.1) is 0 Å². The smallest absolute Gasteiger partial charge is 0.335 e. The van der Waals surface area contributed by atoms with Crippen LogP contribution in [0.2, 0.25) is 0 Å². The highest BCUT2D eigenvalue weighted by atomic mass is 16.4. The molecule has 0 aromatic heterocycles. The van der Waals surface area contributed by atoms with Gasteiger partial charge in [0, 0.05) is 5.69 Å². The van der Waals surface area contributed by atoms with Gasteiger partial charge in [0.05, 0.1) is 5.56 Å². The maximum absolute atomic E-state index is 10.9. The molecule has 2 aromatic rings. The zero-order valence-corrected chi connectivity index (χ0v) is 9.05. The molecule has 0 aliphatic rings. The molecule has 2 rings (SSSR count). The predicted octanol–water partition coefficient (Wildman–Crippen LogP) is 2.34. The predicted molar refractivity (Wildman–Crippen MR) is 66.6 cm³/mol.